The van der Waals surface area contributed by atoms with Crippen molar-refractivity contribution in [3.8, 4) is 0 Å². The Morgan fingerprint density at radius 3 is 1.30 bits per heavy atom. The third-order valence-corrected chi connectivity index (χ3v) is 2.58. The van der Waals surface area contributed by atoms with Crippen molar-refractivity contribution in [1.82, 2.24) is 0 Å². The van der Waals surface area contributed by atoms with E-state index in [4.69, 9.17) is 0 Å². The molecule has 2 aromatic carbocycles. The van der Waals surface area contributed by atoms with E-state index in [0.29, 0.717) is 0 Å². The minimum Gasteiger partial charge on any atom is -0.561 e. The Balaban J connectivity index is 2.08. The zero-order valence-electron chi connectivity index (χ0n) is 10.8. The van der Waals surface area contributed by atoms with E-state index in [9.17, 15) is 10.4 Å². The van der Waals surface area contributed by atoms with E-state index in [1.54, 1.807) is 12.2 Å². The molecule has 0 atom stereocenters. The predicted molar refractivity (Wildman–Crippen MR) is 78.2 cm³/mol. The van der Waals surface area contributed by atoms with Gasteiger partial charge in [0.1, 0.15) is 0 Å². The fourth-order valence-corrected chi connectivity index (χ4v) is 1.56. The van der Waals surface area contributed by atoms with Crippen LogP contribution in [0.2, 0.25) is 0 Å². The van der Waals surface area contributed by atoms with Gasteiger partial charge in [0.2, 0.25) is 0 Å². The van der Waals surface area contributed by atoms with Gasteiger partial charge in [0.15, 0.2) is 0 Å². The van der Waals surface area contributed by atoms with Crippen molar-refractivity contribution in [2.24, 2.45) is 0 Å². The third-order valence-electron chi connectivity index (χ3n) is 2.58. The van der Waals surface area contributed by atoms with Crippen molar-refractivity contribution in [1.29, 1.82) is 0 Å². The number of hydroxylamine groups is 2. The second-order valence-electron chi connectivity index (χ2n) is 4.06. The summed E-state index contributed by atoms with van der Waals surface area (Å²) < 4.78 is 0. The van der Waals surface area contributed by atoms with Gasteiger partial charge < -0.3 is 10.4 Å². The minimum atomic E-state index is 0.229. The Bertz CT molecular complexity index is 575. The minimum absolute atomic E-state index is 0.229. The molecule has 100 valence electrons. The Morgan fingerprint density at radius 1 is 0.600 bits per heavy atom. The third kappa shape index (κ3) is 4.10. The van der Waals surface area contributed by atoms with Crippen molar-refractivity contribution in [3.05, 3.63) is 94.6 Å². The molecule has 0 aromatic heterocycles. The van der Waals surface area contributed by atoms with Gasteiger partial charge in [0.05, 0.1) is 9.72 Å². The second-order valence-corrected chi connectivity index (χ2v) is 4.06. The molecule has 0 saturated carbocycles. The molecule has 0 aliphatic heterocycles. The Labute approximate surface area is 117 Å². The monoisotopic (exact) mass is 266 g/mol. The van der Waals surface area contributed by atoms with Crippen LogP contribution in [0.25, 0.3) is 12.2 Å². The van der Waals surface area contributed by atoms with Gasteiger partial charge in [-0.3, -0.25) is 0 Å². The van der Waals surface area contributed by atoms with E-state index in [1.165, 1.54) is 12.4 Å². The van der Waals surface area contributed by atoms with Crippen LogP contribution in [0.1, 0.15) is 11.1 Å². The maximum Gasteiger partial charge on any atom is 0.253 e. The average molecular weight is 266 g/mol. The molecule has 0 N–H and O–H groups in total. The first-order valence-corrected chi connectivity index (χ1v) is 6.15. The molecule has 0 heterocycles. The highest BCUT2D eigenvalue weighted by atomic mass is 16.6. The van der Waals surface area contributed by atoms with Crippen LogP contribution >= 0.6 is 0 Å². The largest absolute Gasteiger partial charge is 0.561 e. The first-order chi connectivity index (χ1) is 9.75. The van der Waals surface area contributed by atoms with Gasteiger partial charge in [0.25, 0.3) is 12.4 Å². The molecule has 0 spiro atoms. The summed E-state index contributed by atoms with van der Waals surface area (Å²) in [4.78, 5) is 0.457. The first-order valence-electron chi connectivity index (χ1n) is 6.15. The van der Waals surface area contributed by atoms with Crippen molar-refractivity contribution in [2.75, 3.05) is 0 Å². The molecule has 0 fully saturated rings. The molecule has 0 aliphatic carbocycles. The molecule has 0 amide bonds. The van der Waals surface area contributed by atoms with E-state index in [1.807, 2.05) is 60.7 Å². The van der Waals surface area contributed by atoms with E-state index < -0.39 is 0 Å². The van der Waals surface area contributed by atoms with Gasteiger partial charge in [-0.05, 0) is 11.1 Å². The standard InChI is InChI=1S/C16H14N2O2/c19-17(13-11-15-7-3-1-4-8-15)18(20)14-12-16-9-5-2-6-10-16/h1-14H/b13-11+,14-12+,18-17+. The lowest BCUT2D eigenvalue weighted by atomic mass is 10.2. The number of hydrogen-bond donors (Lipinski definition) is 0. The molecule has 0 bridgehead atoms. The molecule has 0 aliphatic rings. The highest BCUT2D eigenvalue weighted by Crippen LogP contribution is 2.02. The number of nitrogens with zero attached hydrogens (tertiary/aromatic N) is 2. The van der Waals surface area contributed by atoms with Crippen LogP contribution in [0.4, 0.5) is 0 Å². The summed E-state index contributed by atoms with van der Waals surface area (Å²) in [7, 11) is 0. The van der Waals surface area contributed by atoms with Crippen LogP contribution in [0.5, 0.6) is 0 Å². The van der Waals surface area contributed by atoms with Crippen LogP contribution in [-0.4, -0.2) is 9.72 Å². The summed E-state index contributed by atoms with van der Waals surface area (Å²) in [5.41, 5.74) is 1.71. The van der Waals surface area contributed by atoms with Crippen LogP contribution < -0.4 is 0 Å². The summed E-state index contributed by atoms with van der Waals surface area (Å²) in [5.74, 6) is 0. The number of azo groups is 1. The molecule has 0 saturated heterocycles. The van der Waals surface area contributed by atoms with Crippen LogP contribution in [-0.2, 0) is 0 Å². The van der Waals surface area contributed by atoms with Crippen molar-refractivity contribution in [3.63, 3.8) is 0 Å². The lowest BCUT2D eigenvalue weighted by Gasteiger charge is -1.95. The summed E-state index contributed by atoms with van der Waals surface area (Å²) >= 11 is 0. The fraction of sp³-hybridized carbons (Fsp3) is 0. The Morgan fingerprint density at radius 2 is 0.950 bits per heavy atom. The summed E-state index contributed by atoms with van der Waals surface area (Å²) in [6.07, 6.45) is 5.51. The quantitative estimate of drug-likeness (QED) is 0.480. The smallest absolute Gasteiger partial charge is 0.253 e. The van der Waals surface area contributed by atoms with Crippen molar-refractivity contribution >= 4 is 12.2 Å². The molecular weight excluding hydrogens is 252 g/mol. The zero-order valence-corrected chi connectivity index (χ0v) is 10.8. The Hall–Kier alpha value is -2.88. The van der Waals surface area contributed by atoms with E-state index >= 15 is 0 Å². The SMILES string of the molecule is [O-][N+](/C=C/c1ccccc1)=[N+]([O-])\C=C\c1ccccc1. The summed E-state index contributed by atoms with van der Waals surface area (Å²) in [6, 6.07) is 18.6. The summed E-state index contributed by atoms with van der Waals surface area (Å²) in [6.45, 7) is 0. The lowest BCUT2D eigenvalue weighted by molar-refractivity contribution is -0.911. The second kappa shape index (κ2) is 6.89. The molecule has 0 radical (unpaired) electrons. The van der Waals surface area contributed by atoms with Gasteiger partial charge in [-0.15, -0.1) is 0 Å². The number of hydrogen-bond acceptors (Lipinski definition) is 2. The van der Waals surface area contributed by atoms with Crippen LogP contribution in [0, 0.1) is 10.4 Å². The Kier molecular flexibility index (Phi) is 4.67. The maximum absolute atomic E-state index is 11.5. The van der Waals surface area contributed by atoms with Crippen LogP contribution in [0.15, 0.2) is 73.1 Å². The molecule has 2 rings (SSSR count). The maximum atomic E-state index is 11.5. The van der Waals surface area contributed by atoms with Crippen molar-refractivity contribution < 1.29 is 9.72 Å². The molecule has 2 aromatic rings. The molecule has 0 unspecified atom stereocenters. The van der Waals surface area contributed by atoms with Crippen LogP contribution in [0.3, 0.4) is 0 Å². The highest BCUT2D eigenvalue weighted by molar-refractivity contribution is 5.47. The van der Waals surface area contributed by atoms with E-state index in [-0.39, 0.29) is 9.72 Å². The van der Waals surface area contributed by atoms with Gasteiger partial charge in [-0.1, -0.05) is 60.7 Å². The van der Waals surface area contributed by atoms with Gasteiger partial charge in [0, 0.05) is 12.2 Å². The molecule has 20 heavy (non-hydrogen) atoms. The predicted octanol–water partition coefficient (Wildman–Crippen LogP) is 3.80. The van der Waals surface area contributed by atoms with Gasteiger partial charge >= 0.3 is 0 Å². The molecule has 4 nitrogen and oxygen atoms in total. The topological polar surface area (TPSA) is 52.1 Å². The molecular formula is C16H14N2O2. The fourth-order valence-electron chi connectivity index (χ4n) is 1.56. The van der Waals surface area contributed by atoms with E-state index in [2.05, 4.69) is 0 Å². The molecule has 4 heteroatoms. The summed E-state index contributed by atoms with van der Waals surface area (Å²) in [5, 5.41) is 23.1. The lowest BCUT2D eigenvalue weighted by Crippen LogP contribution is -2.05. The average Bonchev–Trinajstić information content (AvgIpc) is 2.52. The highest BCUT2D eigenvalue weighted by Gasteiger charge is 1.98. The number of rotatable bonds is 4. The zero-order chi connectivity index (χ0) is 14.2. The van der Waals surface area contributed by atoms with Gasteiger partial charge in [-0.25, -0.2) is 0 Å². The van der Waals surface area contributed by atoms with Crippen molar-refractivity contribution in [2.45, 2.75) is 0 Å². The first kappa shape index (κ1) is 13.5. The van der Waals surface area contributed by atoms with E-state index in [0.717, 1.165) is 11.1 Å². The normalized spacial score (nSPS) is 12.8. The van der Waals surface area contributed by atoms with Gasteiger partial charge in [-0.2, -0.15) is 0 Å². The number of benzene rings is 2.